The molecule has 2 atom stereocenters. The fourth-order valence-electron chi connectivity index (χ4n) is 3.90. The van der Waals surface area contributed by atoms with Crippen molar-refractivity contribution < 1.29 is 9.09 Å². The molecule has 0 saturated carbocycles. The van der Waals surface area contributed by atoms with Gasteiger partial charge < -0.3 is 9.84 Å². The smallest absolute Gasteiger partial charge is 0.306 e. The van der Waals surface area contributed by atoms with Crippen LogP contribution < -0.4 is 15.1 Å². The number of nitrogens with one attached hydrogen (secondary N) is 1. The zero-order valence-electron chi connectivity index (χ0n) is 15.4. The minimum Gasteiger partial charge on any atom is -0.437 e. The lowest BCUT2D eigenvalue weighted by molar-refractivity contribution is 0.490. The summed E-state index contributed by atoms with van der Waals surface area (Å²) >= 11 is 0. The molecule has 1 aromatic heterocycles. The zero-order valence-corrected chi connectivity index (χ0v) is 16.3. The van der Waals surface area contributed by atoms with Gasteiger partial charge in [-0.15, -0.1) is 0 Å². The molecular formula is C23H19N2O2P. The third-order valence-corrected chi connectivity index (χ3v) is 8.32. The highest BCUT2D eigenvalue weighted by Gasteiger charge is 2.56. The van der Waals surface area contributed by atoms with E-state index in [9.17, 15) is 4.57 Å². The second-order valence-electron chi connectivity index (χ2n) is 7.07. The summed E-state index contributed by atoms with van der Waals surface area (Å²) in [5.74, 6) is 0.689. The van der Waals surface area contributed by atoms with Crippen LogP contribution in [-0.2, 0) is 9.85 Å². The molecule has 4 aromatic rings. The van der Waals surface area contributed by atoms with E-state index in [1.54, 1.807) is 12.4 Å². The van der Waals surface area contributed by atoms with Crippen molar-refractivity contribution in [2.75, 3.05) is 5.32 Å². The van der Waals surface area contributed by atoms with E-state index >= 15 is 0 Å². The number of hydrogen-bond donors (Lipinski definition) is 1. The SMILES string of the molecule is C[C@@]1(Nc2ccncc2)c2ccc3ccccc3c2O[P@@]1(=O)c1ccccc1. The lowest BCUT2D eigenvalue weighted by atomic mass is 10.0. The number of fused-ring (bicyclic) bond motifs is 3. The van der Waals surface area contributed by atoms with E-state index in [1.165, 1.54) is 0 Å². The van der Waals surface area contributed by atoms with Gasteiger partial charge in [-0.05, 0) is 36.6 Å². The van der Waals surface area contributed by atoms with Crippen LogP contribution in [-0.4, -0.2) is 4.98 Å². The van der Waals surface area contributed by atoms with E-state index in [4.69, 9.17) is 4.52 Å². The molecule has 0 saturated heterocycles. The number of rotatable bonds is 3. The maximum absolute atomic E-state index is 14.5. The van der Waals surface area contributed by atoms with Crippen LogP contribution in [0.25, 0.3) is 10.8 Å². The van der Waals surface area contributed by atoms with Crippen molar-refractivity contribution in [3.8, 4) is 5.75 Å². The summed E-state index contributed by atoms with van der Waals surface area (Å²) < 4.78 is 20.8. The standard InChI is InChI=1S/C23H19N2O2P/c1-23(25-18-13-15-24-16-14-18)21-12-11-17-7-5-6-10-20(17)22(21)27-28(23,26)19-8-3-2-4-9-19/h2-16H,1H3,(H,24,25)/t23-,28-/m0/s1. The van der Waals surface area contributed by atoms with Crippen molar-refractivity contribution in [3.05, 3.63) is 96.8 Å². The molecule has 0 spiro atoms. The van der Waals surface area contributed by atoms with Crippen LogP contribution in [0.3, 0.4) is 0 Å². The maximum atomic E-state index is 14.5. The Labute approximate surface area is 163 Å². The fourth-order valence-corrected chi connectivity index (χ4v) is 6.49. The van der Waals surface area contributed by atoms with Crippen LogP contribution in [0, 0.1) is 0 Å². The van der Waals surface area contributed by atoms with Crippen molar-refractivity contribution in [1.29, 1.82) is 0 Å². The molecule has 1 aliphatic rings. The van der Waals surface area contributed by atoms with Crippen LogP contribution in [0.4, 0.5) is 5.69 Å². The van der Waals surface area contributed by atoms with Crippen LogP contribution in [0.15, 0.2) is 91.3 Å². The highest BCUT2D eigenvalue weighted by molar-refractivity contribution is 7.69. The minimum atomic E-state index is -3.33. The first-order valence-corrected chi connectivity index (χ1v) is 10.8. The summed E-state index contributed by atoms with van der Waals surface area (Å²) in [7, 11) is -3.33. The number of hydrogen-bond acceptors (Lipinski definition) is 4. The first-order valence-electron chi connectivity index (χ1n) is 9.18. The van der Waals surface area contributed by atoms with Gasteiger partial charge in [-0.25, -0.2) is 0 Å². The Morgan fingerprint density at radius 3 is 2.39 bits per heavy atom. The van der Waals surface area contributed by atoms with Gasteiger partial charge in [0, 0.05) is 29.0 Å². The van der Waals surface area contributed by atoms with E-state index in [1.807, 2.05) is 79.7 Å². The van der Waals surface area contributed by atoms with E-state index in [2.05, 4.69) is 16.4 Å². The molecule has 4 nitrogen and oxygen atoms in total. The van der Waals surface area contributed by atoms with Gasteiger partial charge in [0.05, 0.1) is 5.30 Å². The van der Waals surface area contributed by atoms with Gasteiger partial charge in [0.15, 0.2) is 5.28 Å². The predicted octanol–water partition coefficient (Wildman–Crippen LogP) is 5.52. The normalized spacial score (nSPS) is 23.2. The largest absolute Gasteiger partial charge is 0.437 e. The van der Waals surface area contributed by atoms with Gasteiger partial charge in [-0.2, -0.15) is 0 Å². The van der Waals surface area contributed by atoms with Crippen LogP contribution in [0.1, 0.15) is 12.5 Å². The molecule has 3 aromatic carbocycles. The van der Waals surface area contributed by atoms with Gasteiger partial charge in [-0.1, -0.05) is 54.6 Å². The Morgan fingerprint density at radius 2 is 1.61 bits per heavy atom. The molecule has 5 heteroatoms. The van der Waals surface area contributed by atoms with Crippen molar-refractivity contribution >= 4 is 29.1 Å². The Hall–Kier alpha value is -3.10. The van der Waals surface area contributed by atoms with E-state index in [0.29, 0.717) is 11.1 Å². The van der Waals surface area contributed by atoms with E-state index in [0.717, 1.165) is 22.0 Å². The van der Waals surface area contributed by atoms with Crippen LogP contribution >= 0.6 is 7.37 Å². The van der Waals surface area contributed by atoms with Crippen molar-refractivity contribution in [3.63, 3.8) is 0 Å². The number of anilines is 1. The van der Waals surface area contributed by atoms with Gasteiger partial charge in [0.2, 0.25) is 0 Å². The lowest BCUT2D eigenvalue weighted by Crippen LogP contribution is -2.33. The molecule has 2 heterocycles. The quantitative estimate of drug-likeness (QED) is 0.471. The summed E-state index contributed by atoms with van der Waals surface area (Å²) in [6.07, 6.45) is 3.44. The summed E-state index contributed by atoms with van der Waals surface area (Å²) in [4.78, 5) is 4.08. The van der Waals surface area contributed by atoms with E-state index in [-0.39, 0.29) is 0 Å². The molecule has 0 fully saturated rings. The van der Waals surface area contributed by atoms with Crippen molar-refractivity contribution in [2.45, 2.75) is 12.2 Å². The molecule has 0 radical (unpaired) electrons. The average Bonchev–Trinajstić information content (AvgIpc) is 2.97. The Morgan fingerprint density at radius 1 is 0.893 bits per heavy atom. The molecule has 0 bridgehead atoms. The van der Waals surface area contributed by atoms with Gasteiger partial charge in [0.1, 0.15) is 5.75 Å². The molecule has 0 amide bonds. The average molecular weight is 386 g/mol. The Bertz CT molecular complexity index is 1210. The highest BCUT2D eigenvalue weighted by Crippen LogP contribution is 2.70. The number of benzene rings is 3. The maximum Gasteiger partial charge on any atom is 0.306 e. The fraction of sp³-hybridized carbons (Fsp3) is 0.0870. The van der Waals surface area contributed by atoms with Gasteiger partial charge >= 0.3 is 7.37 Å². The second-order valence-corrected chi connectivity index (χ2v) is 9.77. The summed E-state index contributed by atoms with van der Waals surface area (Å²) in [6, 6.07) is 25.3. The molecule has 1 aliphatic heterocycles. The monoisotopic (exact) mass is 386 g/mol. The van der Waals surface area contributed by atoms with Crippen LogP contribution in [0.5, 0.6) is 5.75 Å². The topological polar surface area (TPSA) is 51.2 Å². The van der Waals surface area contributed by atoms with Crippen molar-refractivity contribution in [1.82, 2.24) is 4.98 Å². The van der Waals surface area contributed by atoms with E-state index < -0.39 is 12.6 Å². The molecule has 5 rings (SSSR count). The van der Waals surface area contributed by atoms with Gasteiger partial charge in [-0.3, -0.25) is 9.55 Å². The summed E-state index contributed by atoms with van der Waals surface area (Å²) in [5, 5.41) is 5.32. The lowest BCUT2D eigenvalue weighted by Gasteiger charge is -2.32. The molecule has 28 heavy (non-hydrogen) atoms. The predicted molar refractivity (Wildman–Crippen MR) is 113 cm³/mol. The third-order valence-electron chi connectivity index (χ3n) is 5.38. The first-order chi connectivity index (χ1) is 13.6. The summed E-state index contributed by atoms with van der Waals surface area (Å²) in [6.45, 7) is 1.96. The Balaban J connectivity index is 1.77. The summed E-state index contributed by atoms with van der Waals surface area (Å²) in [5.41, 5.74) is 1.74. The van der Waals surface area contributed by atoms with Crippen LogP contribution in [0.2, 0.25) is 0 Å². The van der Waals surface area contributed by atoms with Crippen molar-refractivity contribution in [2.24, 2.45) is 0 Å². The molecule has 0 aliphatic carbocycles. The molecule has 0 unspecified atom stereocenters. The number of nitrogens with zero attached hydrogens (tertiary/aromatic N) is 1. The molecular weight excluding hydrogens is 367 g/mol. The number of pyridine rings is 1. The zero-order chi connectivity index (χ0) is 19.2. The minimum absolute atomic E-state index is 0.689. The highest BCUT2D eigenvalue weighted by atomic mass is 31.2. The Kier molecular flexibility index (Phi) is 3.78. The third kappa shape index (κ3) is 2.38. The molecule has 1 N–H and O–H groups in total. The molecule has 138 valence electrons. The second kappa shape index (κ2) is 6.22. The van der Waals surface area contributed by atoms with Gasteiger partial charge in [0.25, 0.3) is 0 Å². The number of aromatic nitrogens is 1. The first kappa shape index (κ1) is 17.0.